The number of rotatable bonds is 1. The van der Waals surface area contributed by atoms with E-state index in [9.17, 15) is 4.39 Å². The predicted molar refractivity (Wildman–Crippen MR) is 65.9 cm³/mol. The molecule has 1 saturated carbocycles. The number of aromatic nitrogens is 1. The lowest BCUT2D eigenvalue weighted by Gasteiger charge is -2.10. The molecule has 2 aliphatic rings. The molecule has 4 heteroatoms. The smallest absolute Gasteiger partial charge is 0.125 e. The van der Waals surface area contributed by atoms with Gasteiger partial charge in [0.2, 0.25) is 0 Å². The standard InChI is InChI=1S/C13H12ClFN2/c14-11-2-8(15)1-9-10(5-17-12(9)11)13-3-7(13)4-16-6-13/h1-2,5,7,16-17H,3-4,6H2. The molecule has 2 N–H and O–H groups in total. The molecule has 88 valence electrons. The van der Waals surface area contributed by atoms with Crippen LogP contribution in [0.3, 0.4) is 0 Å². The molecule has 2 aromatic rings. The second-order valence-electron chi connectivity index (χ2n) is 5.20. The summed E-state index contributed by atoms with van der Waals surface area (Å²) in [5, 5.41) is 4.81. The Hall–Kier alpha value is -1.06. The van der Waals surface area contributed by atoms with Crippen molar-refractivity contribution in [1.29, 1.82) is 0 Å². The molecule has 2 nitrogen and oxygen atoms in total. The lowest BCUT2D eigenvalue weighted by atomic mass is 9.94. The highest BCUT2D eigenvalue weighted by atomic mass is 35.5. The van der Waals surface area contributed by atoms with Gasteiger partial charge in [-0.25, -0.2) is 4.39 Å². The van der Waals surface area contributed by atoms with Gasteiger partial charge in [-0.15, -0.1) is 0 Å². The van der Waals surface area contributed by atoms with Gasteiger partial charge >= 0.3 is 0 Å². The molecule has 2 heterocycles. The van der Waals surface area contributed by atoms with Crippen molar-refractivity contribution >= 4 is 22.5 Å². The number of fused-ring (bicyclic) bond motifs is 2. The first-order chi connectivity index (χ1) is 8.21. The molecule has 1 aromatic carbocycles. The highest BCUT2D eigenvalue weighted by molar-refractivity contribution is 6.35. The van der Waals surface area contributed by atoms with Gasteiger partial charge in [0.25, 0.3) is 0 Å². The van der Waals surface area contributed by atoms with Crippen molar-refractivity contribution in [2.24, 2.45) is 5.92 Å². The number of hydrogen-bond acceptors (Lipinski definition) is 1. The summed E-state index contributed by atoms with van der Waals surface area (Å²) in [6.45, 7) is 2.08. The van der Waals surface area contributed by atoms with E-state index in [0.717, 1.165) is 24.0 Å². The fourth-order valence-corrected chi connectivity index (χ4v) is 3.59. The van der Waals surface area contributed by atoms with E-state index in [2.05, 4.69) is 10.3 Å². The third-order valence-electron chi connectivity index (χ3n) is 4.31. The van der Waals surface area contributed by atoms with Crippen LogP contribution < -0.4 is 5.32 Å². The first-order valence-corrected chi connectivity index (χ1v) is 6.26. The number of piperidine rings is 1. The Morgan fingerprint density at radius 3 is 3.00 bits per heavy atom. The maximum atomic E-state index is 13.5. The van der Waals surface area contributed by atoms with Crippen molar-refractivity contribution in [3.63, 3.8) is 0 Å². The number of hydrogen-bond donors (Lipinski definition) is 2. The third-order valence-corrected chi connectivity index (χ3v) is 4.60. The highest BCUT2D eigenvalue weighted by Crippen LogP contribution is 2.58. The number of nitrogens with one attached hydrogen (secondary N) is 2. The van der Waals surface area contributed by atoms with Gasteiger partial charge in [-0.1, -0.05) is 11.6 Å². The maximum Gasteiger partial charge on any atom is 0.125 e. The van der Waals surface area contributed by atoms with Crippen molar-refractivity contribution in [2.45, 2.75) is 11.8 Å². The fraction of sp³-hybridized carbons (Fsp3) is 0.385. The summed E-state index contributed by atoms with van der Waals surface area (Å²) >= 11 is 6.05. The minimum atomic E-state index is -0.261. The molecule has 2 unspecified atom stereocenters. The molecule has 0 bridgehead atoms. The second kappa shape index (κ2) is 3.03. The molecule has 2 fully saturated rings. The van der Waals surface area contributed by atoms with Gasteiger partial charge in [0.15, 0.2) is 0 Å². The van der Waals surface area contributed by atoms with Crippen molar-refractivity contribution in [3.8, 4) is 0 Å². The van der Waals surface area contributed by atoms with Crippen LogP contribution in [0.4, 0.5) is 4.39 Å². The first kappa shape index (κ1) is 9.92. The summed E-state index contributed by atoms with van der Waals surface area (Å²) in [4.78, 5) is 3.19. The van der Waals surface area contributed by atoms with Gasteiger partial charge in [0.1, 0.15) is 5.82 Å². The Morgan fingerprint density at radius 1 is 1.41 bits per heavy atom. The van der Waals surface area contributed by atoms with Gasteiger partial charge in [-0.05, 0) is 36.6 Å². The molecular formula is C13H12ClFN2. The average Bonchev–Trinajstić information content (AvgIpc) is 2.70. The molecule has 17 heavy (non-hydrogen) atoms. The molecule has 1 saturated heterocycles. The van der Waals surface area contributed by atoms with Crippen LogP contribution in [0.1, 0.15) is 12.0 Å². The van der Waals surface area contributed by atoms with Crippen molar-refractivity contribution < 1.29 is 4.39 Å². The monoisotopic (exact) mass is 250 g/mol. The Kier molecular flexibility index (Phi) is 1.77. The number of halogens is 2. The predicted octanol–water partition coefficient (Wildman–Crippen LogP) is 2.82. The molecule has 1 aromatic heterocycles. The first-order valence-electron chi connectivity index (χ1n) is 5.88. The van der Waals surface area contributed by atoms with Crippen LogP contribution in [-0.2, 0) is 5.41 Å². The number of benzene rings is 1. The SMILES string of the molecule is Fc1cc(Cl)c2[nH]cc(C34CNCC3C4)c2c1. The van der Waals surface area contributed by atoms with Gasteiger partial charge in [-0.3, -0.25) is 0 Å². The van der Waals surface area contributed by atoms with Crippen molar-refractivity contribution in [3.05, 3.63) is 34.7 Å². The lowest BCUT2D eigenvalue weighted by Crippen LogP contribution is -2.18. The number of H-pyrrole nitrogens is 1. The van der Waals surface area contributed by atoms with Gasteiger partial charge in [-0.2, -0.15) is 0 Å². The summed E-state index contributed by atoms with van der Waals surface area (Å²) in [6, 6.07) is 2.95. The molecule has 0 amide bonds. The van der Waals surface area contributed by atoms with Gasteiger partial charge in [0.05, 0.1) is 10.5 Å². The Morgan fingerprint density at radius 2 is 2.29 bits per heavy atom. The van der Waals surface area contributed by atoms with Crippen LogP contribution in [0.5, 0.6) is 0 Å². The maximum absolute atomic E-state index is 13.5. The van der Waals surface area contributed by atoms with E-state index in [-0.39, 0.29) is 11.2 Å². The summed E-state index contributed by atoms with van der Waals surface area (Å²) in [5.41, 5.74) is 2.31. The molecule has 4 rings (SSSR count). The molecular weight excluding hydrogens is 239 g/mol. The van der Waals surface area contributed by atoms with Crippen LogP contribution in [0, 0.1) is 11.7 Å². The third kappa shape index (κ3) is 1.19. The summed E-state index contributed by atoms with van der Waals surface area (Å²) in [7, 11) is 0. The Bertz CT molecular complexity index is 621. The van der Waals surface area contributed by atoms with Crippen LogP contribution in [0.25, 0.3) is 10.9 Å². The summed E-state index contributed by atoms with van der Waals surface area (Å²) < 4.78 is 13.5. The molecule has 1 aliphatic carbocycles. The summed E-state index contributed by atoms with van der Waals surface area (Å²) in [5.74, 6) is 0.450. The minimum absolute atomic E-state index is 0.232. The highest BCUT2D eigenvalue weighted by Gasteiger charge is 2.58. The molecule has 0 radical (unpaired) electrons. The topological polar surface area (TPSA) is 27.8 Å². The molecule has 2 atom stereocenters. The minimum Gasteiger partial charge on any atom is -0.360 e. The Labute approximate surface area is 103 Å². The van der Waals surface area contributed by atoms with Crippen molar-refractivity contribution in [1.82, 2.24) is 10.3 Å². The van der Waals surface area contributed by atoms with E-state index in [1.54, 1.807) is 6.07 Å². The van der Waals surface area contributed by atoms with Gasteiger partial charge < -0.3 is 10.3 Å². The normalized spacial score (nSPS) is 30.8. The summed E-state index contributed by atoms with van der Waals surface area (Å²) in [6.07, 6.45) is 3.21. The quantitative estimate of drug-likeness (QED) is 0.800. The number of aromatic amines is 1. The zero-order chi connectivity index (χ0) is 11.6. The van der Waals surface area contributed by atoms with Crippen LogP contribution in [-0.4, -0.2) is 18.1 Å². The van der Waals surface area contributed by atoms with E-state index in [0.29, 0.717) is 10.9 Å². The van der Waals surface area contributed by atoms with E-state index in [4.69, 9.17) is 11.6 Å². The van der Waals surface area contributed by atoms with E-state index in [1.807, 2.05) is 6.20 Å². The van der Waals surface area contributed by atoms with E-state index >= 15 is 0 Å². The van der Waals surface area contributed by atoms with Crippen LogP contribution >= 0.6 is 11.6 Å². The van der Waals surface area contributed by atoms with Crippen LogP contribution in [0.2, 0.25) is 5.02 Å². The zero-order valence-corrected chi connectivity index (χ0v) is 9.94. The molecule has 1 aliphatic heterocycles. The van der Waals surface area contributed by atoms with E-state index < -0.39 is 0 Å². The van der Waals surface area contributed by atoms with Crippen molar-refractivity contribution in [2.75, 3.05) is 13.1 Å². The average molecular weight is 251 g/mol. The fourth-order valence-electron chi connectivity index (χ4n) is 3.33. The zero-order valence-electron chi connectivity index (χ0n) is 9.19. The van der Waals surface area contributed by atoms with E-state index in [1.165, 1.54) is 18.1 Å². The molecule has 0 spiro atoms. The Balaban J connectivity index is 1.97. The lowest BCUT2D eigenvalue weighted by molar-refractivity contribution is 0.629. The largest absolute Gasteiger partial charge is 0.360 e. The van der Waals surface area contributed by atoms with Gasteiger partial charge in [0, 0.05) is 23.5 Å². The van der Waals surface area contributed by atoms with Crippen LogP contribution in [0.15, 0.2) is 18.3 Å². The second-order valence-corrected chi connectivity index (χ2v) is 5.61.